The highest BCUT2D eigenvalue weighted by atomic mass is 19.1. The molecule has 2 aliphatic heterocycles. The van der Waals surface area contributed by atoms with Gasteiger partial charge in [-0.25, -0.2) is 8.78 Å². The van der Waals surface area contributed by atoms with Gasteiger partial charge in [-0.3, -0.25) is 9.59 Å². The van der Waals surface area contributed by atoms with Gasteiger partial charge in [0.05, 0.1) is 11.5 Å². The molecule has 2 aromatic rings. The van der Waals surface area contributed by atoms with Crippen LogP contribution in [0, 0.1) is 17.6 Å². The number of likely N-dealkylation sites (tertiary alicyclic amines) is 2. The Morgan fingerprint density at radius 3 is 2.21 bits per heavy atom. The molecule has 0 aliphatic carbocycles. The van der Waals surface area contributed by atoms with Crippen LogP contribution < -0.4 is 0 Å². The molecule has 0 bridgehead atoms. The van der Waals surface area contributed by atoms with Gasteiger partial charge in [0.2, 0.25) is 5.91 Å². The molecule has 0 aromatic heterocycles. The van der Waals surface area contributed by atoms with Gasteiger partial charge in [-0.05, 0) is 42.7 Å². The fourth-order valence-electron chi connectivity index (χ4n) is 4.24. The number of benzene rings is 2. The molecule has 2 saturated heterocycles. The van der Waals surface area contributed by atoms with Gasteiger partial charge in [0.1, 0.15) is 11.6 Å². The van der Waals surface area contributed by atoms with E-state index in [1.165, 1.54) is 30.3 Å². The van der Waals surface area contributed by atoms with Gasteiger partial charge in [-0.15, -0.1) is 0 Å². The highest BCUT2D eigenvalue weighted by Crippen LogP contribution is 2.35. The lowest BCUT2D eigenvalue weighted by atomic mass is 9.88. The maximum Gasteiger partial charge on any atom is 0.256 e. The minimum atomic E-state index is -0.569. The Labute approximate surface area is 162 Å². The van der Waals surface area contributed by atoms with E-state index in [0.29, 0.717) is 6.54 Å². The van der Waals surface area contributed by atoms with E-state index in [-0.39, 0.29) is 29.8 Å². The summed E-state index contributed by atoms with van der Waals surface area (Å²) in [5, 5.41) is 0. The van der Waals surface area contributed by atoms with Crippen molar-refractivity contribution in [2.24, 2.45) is 5.92 Å². The first kappa shape index (κ1) is 18.6. The Kier molecular flexibility index (Phi) is 5.11. The average molecular weight is 384 g/mol. The van der Waals surface area contributed by atoms with Crippen LogP contribution in [0.1, 0.15) is 34.7 Å². The SMILES string of the molecule is O=C(c1ccccc1F)N1CC(C(=O)N2CCCC2)C(c2ccc(F)cc2)C1. The van der Waals surface area contributed by atoms with Crippen molar-refractivity contribution in [3.8, 4) is 0 Å². The zero-order chi connectivity index (χ0) is 19.7. The summed E-state index contributed by atoms with van der Waals surface area (Å²) in [5.41, 5.74) is 0.831. The van der Waals surface area contributed by atoms with Gasteiger partial charge >= 0.3 is 0 Å². The van der Waals surface area contributed by atoms with Gasteiger partial charge in [-0.2, -0.15) is 0 Å². The molecule has 0 saturated carbocycles. The Balaban J connectivity index is 1.62. The van der Waals surface area contributed by atoms with Crippen molar-refractivity contribution < 1.29 is 18.4 Å². The number of halogens is 2. The molecule has 6 heteroatoms. The average Bonchev–Trinajstić information content (AvgIpc) is 3.38. The molecule has 2 atom stereocenters. The second-order valence-corrected chi connectivity index (χ2v) is 7.49. The van der Waals surface area contributed by atoms with Crippen LogP contribution >= 0.6 is 0 Å². The quantitative estimate of drug-likeness (QED) is 0.813. The van der Waals surface area contributed by atoms with Crippen molar-refractivity contribution in [3.05, 3.63) is 71.3 Å². The van der Waals surface area contributed by atoms with E-state index in [1.807, 2.05) is 4.90 Å². The van der Waals surface area contributed by atoms with Crippen LogP contribution in [-0.2, 0) is 4.79 Å². The molecule has 4 rings (SSSR count). The molecule has 28 heavy (non-hydrogen) atoms. The molecule has 2 heterocycles. The number of amides is 2. The van der Waals surface area contributed by atoms with Crippen LogP contribution in [0.4, 0.5) is 8.78 Å². The summed E-state index contributed by atoms with van der Waals surface area (Å²) in [6.45, 7) is 2.01. The van der Waals surface area contributed by atoms with Crippen LogP contribution in [0.5, 0.6) is 0 Å². The number of carbonyl (C=O) groups is 2. The lowest BCUT2D eigenvalue weighted by Gasteiger charge is -2.24. The van der Waals surface area contributed by atoms with E-state index in [9.17, 15) is 18.4 Å². The molecular formula is C22H22F2N2O2. The van der Waals surface area contributed by atoms with Gasteiger partial charge < -0.3 is 9.80 Å². The van der Waals surface area contributed by atoms with Crippen LogP contribution in [0.3, 0.4) is 0 Å². The van der Waals surface area contributed by atoms with Crippen LogP contribution in [0.2, 0.25) is 0 Å². The molecule has 4 nitrogen and oxygen atoms in total. The Hall–Kier alpha value is -2.76. The molecule has 0 N–H and O–H groups in total. The summed E-state index contributed by atoms with van der Waals surface area (Å²) in [4.78, 5) is 29.4. The minimum absolute atomic E-state index is 0.00891. The molecule has 2 fully saturated rings. The second kappa shape index (κ2) is 7.70. The molecule has 0 spiro atoms. The van der Waals surface area contributed by atoms with E-state index < -0.39 is 17.6 Å². The van der Waals surface area contributed by atoms with Crippen molar-refractivity contribution in [3.63, 3.8) is 0 Å². The molecule has 146 valence electrons. The fraction of sp³-hybridized carbons (Fsp3) is 0.364. The van der Waals surface area contributed by atoms with Gasteiger partial charge in [-0.1, -0.05) is 24.3 Å². The summed E-state index contributed by atoms with van der Waals surface area (Å²) < 4.78 is 27.5. The number of nitrogens with zero attached hydrogens (tertiary/aromatic N) is 2. The van der Waals surface area contributed by atoms with Crippen LogP contribution in [-0.4, -0.2) is 47.8 Å². The topological polar surface area (TPSA) is 40.6 Å². The lowest BCUT2D eigenvalue weighted by Crippen LogP contribution is -2.37. The van der Waals surface area contributed by atoms with Crippen molar-refractivity contribution >= 4 is 11.8 Å². The van der Waals surface area contributed by atoms with Crippen molar-refractivity contribution in [2.75, 3.05) is 26.2 Å². The third-order valence-electron chi connectivity index (χ3n) is 5.74. The predicted octanol–water partition coefficient (Wildman–Crippen LogP) is 3.44. The molecule has 0 radical (unpaired) electrons. The first-order valence-electron chi connectivity index (χ1n) is 9.62. The highest BCUT2D eigenvalue weighted by Gasteiger charge is 2.42. The van der Waals surface area contributed by atoms with Crippen LogP contribution in [0.25, 0.3) is 0 Å². The van der Waals surface area contributed by atoms with E-state index in [1.54, 1.807) is 23.1 Å². The molecular weight excluding hydrogens is 362 g/mol. The van der Waals surface area contributed by atoms with E-state index in [4.69, 9.17) is 0 Å². The van der Waals surface area contributed by atoms with Crippen molar-refractivity contribution in [2.45, 2.75) is 18.8 Å². The number of hydrogen-bond acceptors (Lipinski definition) is 2. The minimum Gasteiger partial charge on any atom is -0.342 e. The number of rotatable bonds is 3. The number of carbonyl (C=O) groups excluding carboxylic acids is 2. The van der Waals surface area contributed by atoms with E-state index >= 15 is 0 Å². The third-order valence-corrected chi connectivity index (χ3v) is 5.74. The zero-order valence-electron chi connectivity index (χ0n) is 15.5. The first-order chi connectivity index (χ1) is 13.5. The zero-order valence-corrected chi connectivity index (χ0v) is 15.5. The van der Waals surface area contributed by atoms with E-state index in [0.717, 1.165) is 31.5 Å². The Bertz CT molecular complexity index is 878. The number of hydrogen-bond donors (Lipinski definition) is 0. The molecule has 2 aromatic carbocycles. The Morgan fingerprint density at radius 2 is 1.54 bits per heavy atom. The summed E-state index contributed by atoms with van der Waals surface area (Å²) in [6, 6.07) is 12.0. The van der Waals surface area contributed by atoms with Crippen molar-refractivity contribution in [1.29, 1.82) is 0 Å². The van der Waals surface area contributed by atoms with Gasteiger partial charge in [0, 0.05) is 32.1 Å². The van der Waals surface area contributed by atoms with Gasteiger partial charge in [0.15, 0.2) is 0 Å². The highest BCUT2D eigenvalue weighted by molar-refractivity contribution is 5.95. The van der Waals surface area contributed by atoms with Gasteiger partial charge in [0.25, 0.3) is 5.91 Å². The van der Waals surface area contributed by atoms with Crippen LogP contribution in [0.15, 0.2) is 48.5 Å². The lowest BCUT2D eigenvalue weighted by molar-refractivity contribution is -0.134. The largest absolute Gasteiger partial charge is 0.342 e. The third kappa shape index (κ3) is 3.51. The fourth-order valence-corrected chi connectivity index (χ4v) is 4.24. The normalized spacial score (nSPS) is 21.9. The molecule has 2 aliphatic rings. The summed E-state index contributed by atoms with van der Waals surface area (Å²) >= 11 is 0. The Morgan fingerprint density at radius 1 is 0.857 bits per heavy atom. The molecule has 2 unspecified atom stereocenters. The van der Waals surface area contributed by atoms with Crippen molar-refractivity contribution in [1.82, 2.24) is 9.80 Å². The smallest absolute Gasteiger partial charge is 0.256 e. The maximum atomic E-state index is 14.1. The maximum absolute atomic E-state index is 14.1. The standard InChI is InChI=1S/C22H22F2N2O2/c23-16-9-7-15(8-10-16)18-13-26(21(27)17-5-1-2-6-20(17)24)14-19(18)22(28)25-11-3-4-12-25/h1-2,5-10,18-19H,3-4,11-14H2. The second-order valence-electron chi connectivity index (χ2n) is 7.49. The predicted molar refractivity (Wildman–Crippen MR) is 101 cm³/mol. The first-order valence-corrected chi connectivity index (χ1v) is 9.62. The summed E-state index contributed by atoms with van der Waals surface area (Å²) in [7, 11) is 0. The summed E-state index contributed by atoms with van der Waals surface area (Å²) in [6.07, 6.45) is 1.97. The molecule has 2 amide bonds. The summed E-state index contributed by atoms with van der Waals surface area (Å²) in [5.74, 6) is -1.94. The van der Waals surface area contributed by atoms with E-state index in [2.05, 4.69) is 0 Å². The monoisotopic (exact) mass is 384 g/mol.